The predicted molar refractivity (Wildman–Crippen MR) is 110 cm³/mol. The number of hydrogen-bond donors (Lipinski definition) is 0. The van der Waals surface area contributed by atoms with Crippen LogP contribution in [-0.4, -0.2) is 81.6 Å². The van der Waals surface area contributed by atoms with Crippen LogP contribution in [0.15, 0.2) is 12.1 Å². The topological polar surface area (TPSA) is 86.8 Å². The van der Waals surface area contributed by atoms with Crippen molar-refractivity contribution in [3.63, 3.8) is 0 Å². The van der Waals surface area contributed by atoms with E-state index in [2.05, 4.69) is 0 Å². The number of amides is 1. The maximum absolute atomic E-state index is 12.5. The maximum Gasteiger partial charge on any atom is 0.410 e. The lowest BCUT2D eigenvalue weighted by atomic mass is 10.1. The lowest BCUT2D eigenvalue weighted by Crippen LogP contribution is -2.58. The zero-order valence-electron chi connectivity index (χ0n) is 18.8. The summed E-state index contributed by atoms with van der Waals surface area (Å²) in [5.41, 5.74) is 0.273. The Morgan fingerprint density at radius 2 is 1.60 bits per heavy atom. The molecule has 0 bridgehead atoms. The number of carbonyl (C=O) groups is 2. The van der Waals surface area contributed by atoms with Crippen molar-refractivity contribution in [1.29, 1.82) is 0 Å². The highest BCUT2D eigenvalue weighted by atomic mass is 16.6. The third-order valence-electron chi connectivity index (χ3n) is 4.73. The number of benzene rings is 1. The van der Waals surface area contributed by atoms with Gasteiger partial charge in [-0.05, 0) is 38.5 Å². The summed E-state index contributed by atoms with van der Waals surface area (Å²) in [5.74, 6) is 1.17. The van der Waals surface area contributed by atoms with Gasteiger partial charge < -0.3 is 28.6 Å². The molecular weight excluding hydrogens is 392 g/mol. The Morgan fingerprint density at radius 1 is 1.00 bits per heavy atom. The fraction of sp³-hybridized carbons (Fsp3) is 0.619. The highest BCUT2D eigenvalue weighted by molar-refractivity contribution is 5.77. The molecule has 1 amide bonds. The molecule has 0 saturated carbocycles. The number of methoxy groups -OCH3 is 4. The molecular formula is C21H32N2O7. The second-order valence-electron chi connectivity index (χ2n) is 7.97. The van der Waals surface area contributed by atoms with Crippen LogP contribution in [0.1, 0.15) is 26.3 Å². The molecule has 1 unspecified atom stereocenters. The van der Waals surface area contributed by atoms with Crippen molar-refractivity contribution < 1.29 is 33.3 Å². The summed E-state index contributed by atoms with van der Waals surface area (Å²) in [4.78, 5) is 28.4. The van der Waals surface area contributed by atoms with Gasteiger partial charge >= 0.3 is 12.1 Å². The van der Waals surface area contributed by atoms with Crippen molar-refractivity contribution >= 4 is 12.1 Å². The van der Waals surface area contributed by atoms with Crippen molar-refractivity contribution in [3.05, 3.63) is 17.7 Å². The van der Waals surface area contributed by atoms with Gasteiger partial charge in [0.1, 0.15) is 11.6 Å². The molecule has 1 aromatic rings. The van der Waals surface area contributed by atoms with Crippen LogP contribution in [0.3, 0.4) is 0 Å². The zero-order valence-corrected chi connectivity index (χ0v) is 18.8. The van der Waals surface area contributed by atoms with Gasteiger partial charge in [-0.1, -0.05) is 0 Å². The first-order valence-corrected chi connectivity index (χ1v) is 9.72. The minimum absolute atomic E-state index is 0.187. The Kier molecular flexibility index (Phi) is 7.77. The van der Waals surface area contributed by atoms with Crippen molar-refractivity contribution in [1.82, 2.24) is 9.80 Å². The number of rotatable bonds is 6. The normalized spacial score (nSPS) is 17.3. The zero-order chi connectivity index (χ0) is 22.5. The van der Waals surface area contributed by atoms with Gasteiger partial charge in [0.05, 0.1) is 35.0 Å². The number of hydrogen-bond acceptors (Lipinski definition) is 8. The molecule has 1 aromatic carbocycles. The molecule has 9 heteroatoms. The molecule has 1 atom stereocenters. The molecule has 0 N–H and O–H groups in total. The van der Waals surface area contributed by atoms with Crippen molar-refractivity contribution in [2.45, 2.75) is 39.0 Å². The van der Waals surface area contributed by atoms with Crippen LogP contribution in [0.25, 0.3) is 0 Å². The number of esters is 1. The van der Waals surface area contributed by atoms with E-state index < -0.39 is 23.7 Å². The Hall–Kier alpha value is -2.68. The molecule has 0 radical (unpaired) electrons. The Balaban J connectivity index is 2.23. The molecule has 0 aromatic heterocycles. The van der Waals surface area contributed by atoms with E-state index in [0.29, 0.717) is 36.9 Å². The summed E-state index contributed by atoms with van der Waals surface area (Å²) >= 11 is 0. The molecule has 1 fully saturated rings. The highest BCUT2D eigenvalue weighted by Crippen LogP contribution is 2.38. The summed E-state index contributed by atoms with van der Waals surface area (Å²) in [7, 11) is 5.99. The summed E-state index contributed by atoms with van der Waals surface area (Å²) in [6, 6.07) is 3.07. The van der Waals surface area contributed by atoms with Crippen LogP contribution in [0.5, 0.6) is 17.2 Å². The monoisotopic (exact) mass is 424 g/mol. The van der Waals surface area contributed by atoms with Gasteiger partial charge in [0.25, 0.3) is 0 Å². The number of nitrogens with zero attached hydrogens (tertiary/aromatic N) is 2. The maximum atomic E-state index is 12.5. The molecule has 30 heavy (non-hydrogen) atoms. The fourth-order valence-corrected chi connectivity index (χ4v) is 3.32. The van der Waals surface area contributed by atoms with Crippen LogP contribution in [0, 0.1) is 0 Å². The quantitative estimate of drug-likeness (QED) is 0.643. The summed E-state index contributed by atoms with van der Waals surface area (Å²) in [6.07, 6.45) is -0.441. The fourth-order valence-electron chi connectivity index (χ4n) is 3.32. The Morgan fingerprint density at radius 3 is 2.07 bits per heavy atom. The van der Waals surface area contributed by atoms with Gasteiger partial charge in [-0.15, -0.1) is 0 Å². The number of piperazine rings is 1. The summed E-state index contributed by atoms with van der Waals surface area (Å²) in [5, 5.41) is 0. The minimum atomic E-state index is -0.615. The largest absolute Gasteiger partial charge is 0.493 e. The van der Waals surface area contributed by atoms with E-state index >= 15 is 0 Å². The number of carbonyl (C=O) groups excluding carboxylic acids is 2. The first kappa shape index (κ1) is 23.6. The molecule has 0 aliphatic carbocycles. The van der Waals surface area contributed by atoms with E-state index in [9.17, 15) is 9.59 Å². The van der Waals surface area contributed by atoms with E-state index in [1.807, 2.05) is 37.8 Å². The Bertz CT molecular complexity index is 735. The summed E-state index contributed by atoms with van der Waals surface area (Å²) < 4.78 is 26.6. The Labute approximate surface area is 177 Å². The van der Waals surface area contributed by atoms with Gasteiger partial charge in [0.2, 0.25) is 5.75 Å². The van der Waals surface area contributed by atoms with E-state index in [1.165, 1.54) is 7.11 Å². The third kappa shape index (κ3) is 5.69. The van der Waals surface area contributed by atoms with E-state index in [1.54, 1.807) is 26.2 Å². The van der Waals surface area contributed by atoms with Gasteiger partial charge in [0.15, 0.2) is 11.5 Å². The van der Waals surface area contributed by atoms with Crippen molar-refractivity contribution in [3.8, 4) is 17.2 Å². The minimum Gasteiger partial charge on any atom is -0.493 e. The average molecular weight is 424 g/mol. The molecule has 0 spiro atoms. The van der Waals surface area contributed by atoms with Crippen molar-refractivity contribution in [2.75, 3.05) is 48.1 Å². The van der Waals surface area contributed by atoms with Crippen LogP contribution in [0.2, 0.25) is 0 Å². The van der Waals surface area contributed by atoms with Crippen LogP contribution < -0.4 is 14.2 Å². The van der Waals surface area contributed by atoms with Gasteiger partial charge in [0, 0.05) is 19.6 Å². The third-order valence-corrected chi connectivity index (χ3v) is 4.73. The second kappa shape index (κ2) is 9.88. The molecule has 9 nitrogen and oxygen atoms in total. The highest BCUT2D eigenvalue weighted by Gasteiger charge is 2.36. The van der Waals surface area contributed by atoms with Crippen LogP contribution >= 0.6 is 0 Å². The van der Waals surface area contributed by atoms with Crippen LogP contribution in [-0.2, 0) is 20.8 Å². The molecule has 2 rings (SSSR count). The smallest absolute Gasteiger partial charge is 0.410 e. The van der Waals surface area contributed by atoms with E-state index in [-0.39, 0.29) is 6.54 Å². The lowest BCUT2D eigenvalue weighted by Gasteiger charge is -2.40. The SMILES string of the molecule is COC(=O)C1CN(C(=O)OC(C)(C)C)CCN1Cc1cc(OC)c(OC)c(OC)c1. The second-order valence-corrected chi connectivity index (χ2v) is 7.97. The molecule has 1 aliphatic rings. The molecule has 1 aliphatic heterocycles. The standard InChI is InChI=1S/C21H32N2O7/c1-21(2,3)30-20(25)23-9-8-22(15(13-23)19(24)29-7)12-14-10-16(26-4)18(28-6)17(11-14)27-5/h10-11,15H,8-9,12-13H2,1-7H3. The number of ether oxygens (including phenoxy) is 5. The van der Waals surface area contributed by atoms with E-state index in [0.717, 1.165) is 5.56 Å². The first-order chi connectivity index (χ1) is 14.1. The van der Waals surface area contributed by atoms with E-state index in [4.69, 9.17) is 23.7 Å². The summed E-state index contributed by atoms with van der Waals surface area (Å²) in [6.45, 7) is 6.98. The van der Waals surface area contributed by atoms with Crippen LogP contribution in [0.4, 0.5) is 4.79 Å². The van der Waals surface area contributed by atoms with Gasteiger partial charge in [-0.2, -0.15) is 0 Å². The van der Waals surface area contributed by atoms with Gasteiger partial charge in [-0.25, -0.2) is 4.79 Å². The van der Waals surface area contributed by atoms with Gasteiger partial charge in [-0.3, -0.25) is 9.69 Å². The predicted octanol–water partition coefficient (Wildman–Crippen LogP) is 2.31. The molecule has 1 heterocycles. The first-order valence-electron chi connectivity index (χ1n) is 9.72. The molecule has 1 saturated heterocycles. The molecule has 168 valence electrons. The lowest BCUT2D eigenvalue weighted by molar-refractivity contribution is -0.149. The van der Waals surface area contributed by atoms with Crippen molar-refractivity contribution in [2.24, 2.45) is 0 Å². The average Bonchev–Trinajstić information content (AvgIpc) is 2.71.